The highest BCUT2D eigenvalue weighted by Gasteiger charge is 2.21. The van der Waals surface area contributed by atoms with Gasteiger partial charge < -0.3 is 21.4 Å². The number of benzene rings is 4. The molecule has 11 aromatic rings. The van der Waals surface area contributed by atoms with E-state index in [1.54, 1.807) is 59.2 Å². The van der Waals surface area contributed by atoms with Crippen LogP contribution in [0.1, 0.15) is 5.56 Å². The van der Waals surface area contributed by atoms with Gasteiger partial charge in [0.2, 0.25) is 11.2 Å². The van der Waals surface area contributed by atoms with Gasteiger partial charge in [-0.05, 0) is 97.4 Å². The van der Waals surface area contributed by atoms with Crippen LogP contribution in [0.3, 0.4) is 0 Å². The monoisotopic (exact) mass is 889 g/mol. The Labute approximate surface area is 358 Å². The minimum Gasteiger partial charge on any atom is -0.399 e. The summed E-state index contributed by atoms with van der Waals surface area (Å²) in [4.78, 5) is 28.8. The van der Waals surface area contributed by atoms with Crippen LogP contribution in [-0.4, -0.2) is 57.5 Å². The van der Waals surface area contributed by atoms with Crippen LogP contribution in [0.4, 0.5) is 28.8 Å². The molecular weight excluding hydrogens is 862 g/mol. The van der Waals surface area contributed by atoms with Crippen molar-refractivity contribution in [2.45, 2.75) is 11.8 Å². The molecule has 0 spiro atoms. The third kappa shape index (κ3) is 8.01. The Kier molecular flexibility index (Phi) is 10.4. The topological polar surface area (TPSA) is 211 Å². The number of aryl methyl sites for hydroxylation is 1. The van der Waals surface area contributed by atoms with Crippen molar-refractivity contribution in [3.63, 3.8) is 0 Å². The van der Waals surface area contributed by atoms with Crippen LogP contribution in [0, 0.1) is 6.92 Å². The summed E-state index contributed by atoms with van der Waals surface area (Å²) < 4.78 is 28.6. The number of thiazole rings is 2. The minimum atomic E-state index is -3.76. The summed E-state index contributed by atoms with van der Waals surface area (Å²) >= 11 is 14.9. The summed E-state index contributed by atoms with van der Waals surface area (Å²) in [6, 6.07) is 27.8. The number of anilines is 5. The van der Waals surface area contributed by atoms with E-state index in [4.69, 9.17) is 33.9 Å². The molecule has 298 valence electrons. The molecule has 0 bridgehead atoms. The van der Waals surface area contributed by atoms with Gasteiger partial charge in [-0.15, -0.1) is 22.7 Å². The Hall–Kier alpha value is -6.70. The van der Waals surface area contributed by atoms with E-state index in [1.807, 2.05) is 78.7 Å². The number of nitrogens with two attached hydrogens (primary N) is 1. The number of H-pyrrole nitrogens is 2. The smallest absolute Gasteiger partial charge is 0.269 e. The molecule has 0 fully saturated rings. The normalized spacial score (nSPS) is 11.4. The predicted molar refractivity (Wildman–Crippen MR) is 242 cm³/mol. The van der Waals surface area contributed by atoms with Gasteiger partial charge in [-0.2, -0.15) is 20.1 Å². The number of nitrogens with one attached hydrogen (secondary N) is 4. The standard InChI is InChI=1S/C20H14N8S.C13H9Cl2N3O2S.C7H6N2S/c1-2-12(7-16-11(1)9-23-28-16)25-20-26-18-14(5-6-21-18)19(27-20)24-13-3-4-15-17(8-13)29-10-22-15;1-8-2-4-9(5-3-8)21(19,20)18-7-6-10-11(14)16-13(15)17-12(10)18;8-5-1-2-6-7(3-5)10-4-9-6/h1-10H,(H,23,28)(H3,21,24,25,26,27);2-7H,1H3;1-4H,8H2. The molecule has 0 saturated heterocycles. The zero-order valence-corrected chi connectivity index (χ0v) is 35.0. The van der Waals surface area contributed by atoms with Crippen molar-refractivity contribution in [1.29, 1.82) is 0 Å². The van der Waals surface area contributed by atoms with Gasteiger partial charge in [-0.25, -0.2) is 27.3 Å². The van der Waals surface area contributed by atoms with Crippen LogP contribution in [0.15, 0.2) is 126 Å². The van der Waals surface area contributed by atoms with Crippen molar-refractivity contribution in [3.8, 4) is 0 Å². The van der Waals surface area contributed by atoms with E-state index in [0.29, 0.717) is 11.3 Å². The van der Waals surface area contributed by atoms with Crippen molar-refractivity contribution in [2.75, 3.05) is 16.4 Å². The van der Waals surface area contributed by atoms with Crippen molar-refractivity contribution in [2.24, 2.45) is 0 Å². The maximum Gasteiger partial charge on any atom is 0.269 e. The van der Waals surface area contributed by atoms with Gasteiger partial charge in [0.15, 0.2) is 5.65 Å². The first-order valence-electron chi connectivity index (χ1n) is 17.8. The Morgan fingerprint density at radius 3 is 2.30 bits per heavy atom. The minimum absolute atomic E-state index is 0.105. The number of halogens is 2. The van der Waals surface area contributed by atoms with E-state index in [2.05, 4.69) is 56.8 Å². The molecule has 0 amide bonds. The number of rotatable bonds is 6. The molecule has 60 heavy (non-hydrogen) atoms. The number of fused-ring (bicyclic) bond motifs is 5. The van der Waals surface area contributed by atoms with Crippen LogP contribution >= 0.6 is 45.9 Å². The third-order valence-electron chi connectivity index (χ3n) is 9.08. The molecule has 0 saturated carbocycles. The lowest BCUT2D eigenvalue weighted by Gasteiger charge is -2.10. The van der Waals surface area contributed by atoms with Crippen molar-refractivity contribution in [3.05, 3.63) is 137 Å². The number of hydrogen-bond acceptors (Lipinski definition) is 14. The first-order valence-corrected chi connectivity index (χ1v) is 21.8. The molecule has 0 aliphatic heterocycles. The molecule has 7 aromatic heterocycles. The van der Waals surface area contributed by atoms with Crippen LogP contribution < -0.4 is 16.4 Å². The zero-order chi connectivity index (χ0) is 41.4. The number of aromatic nitrogens is 10. The number of nitrogen functional groups attached to an aromatic ring is 1. The summed E-state index contributed by atoms with van der Waals surface area (Å²) in [5, 5.41) is 16.1. The first-order chi connectivity index (χ1) is 29.1. The lowest BCUT2D eigenvalue weighted by molar-refractivity contribution is 0.588. The van der Waals surface area contributed by atoms with Crippen LogP contribution in [0.5, 0.6) is 0 Å². The highest BCUT2D eigenvalue weighted by atomic mass is 35.5. The molecule has 0 unspecified atom stereocenters. The molecular formula is C40H29Cl2N13O2S3. The quantitative estimate of drug-likeness (QED) is 0.0600. The molecule has 0 atom stereocenters. The Balaban J connectivity index is 0.000000130. The lowest BCUT2D eigenvalue weighted by Crippen LogP contribution is -2.12. The molecule has 11 rings (SSSR count). The fourth-order valence-corrected chi connectivity index (χ4v) is 9.30. The van der Waals surface area contributed by atoms with Gasteiger partial charge in [0.1, 0.15) is 16.6 Å². The van der Waals surface area contributed by atoms with E-state index in [9.17, 15) is 8.42 Å². The molecule has 15 nitrogen and oxygen atoms in total. The summed E-state index contributed by atoms with van der Waals surface area (Å²) in [7, 11) is -3.76. The third-order valence-corrected chi connectivity index (χ3v) is 12.8. The lowest BCUT2D eigenvalue weighted by atomic mass is 10.2. The van der Waals surface area contributed by atoms with Crippen LogP contribution in [-0.2, 0) is 10.0 Å². The van der Waals surface area contributed by atoms with Crippen LogP contribution in [0.2, 0.25) is 10.4 Å². The molecule has 7 heterocycles. The zero-order valence-electron chi connectivity index (χ0n) is 31.0. The Bertz CT molecular complexity index is 3430. The second-order valence-corrected chi connectivity index (χ2v) is 17.4. The Morgan fingerprint density at radius 1 is 0.767 bits per heavy atom. The number of aromatic amines is 2. The van der Waals surface area contributed by atoms with Crippen molar-refractivity contribution >= 4 is 138 Å². The highest BCUT2D eigenvalue weighted by molar-refractivity contribution is 7.90. The SMILES string of the molecule is Cc1ccc(S(=O)(=O)n2ccc3c(Cl)nc(Cl)nc32)cc1.Nc1ccc2ncsc2c1.c1cc2c(Nc3ccc4ncsc4c3)nc(Nc3ccc4cn[nH]c4c3)nc2[nH]1. The summed E-state index contributed by atoms with van der Waals surface area (Å²) in [6.45, 7) is 1.88. The van der Waals surface area contributed by atoms with E-state index in [1.165, 1.54) is 6.20 Å². The highest BCUT2D eigenvalue weighted by Crippen LogP contribution is 2.30. The number of hydrogen-bond donors (Lipinski definition) is 5. The maximum atomic E-state index is 12.7. The van der Waals surface area contributed by atoms with Crippen LogP contribution in [0.25, 0.3) is 53.4 Å². The van der Waals surface area contributed by atoms with Gasteiger partial charge in [0.25, 0.3) is 10.0 Å². The van der Waals surface area contributed by atoms with Gasteiger partial charge in [0.05, 0.1) is 58.8 Å². The van der Waals surface area contributed by atoms with Crippen molar-refractivity contribution in [1.82, 2.24) is 49.1 Å². The van der Waals surface area contributed by atoms with Gasteiger partial charge in [-0.1, -0.05) is 29.3 Å². The van der Waals surface area contributed by atoms with E-state index in [-0.39, 0.29) is 21.0 Å². The molecule has 20 heteroatoms. The predicted octanol–water partition coefficient (Wildman–Crippen LogP) is 10.1. The maximum absolute atomic E-state index is 12.7. The molecule has 4 aromatic carbocycles. The van der Waals surface area contributed by atoms with E-state index < -0.39 is 10.0 Å². The fourth-order valence-electron chi connectivity index (χ4n) is 6.13. The summed E-state index contributed by atoms with van der Waals surface area (Å²) in [5.41, 5.74) is 16.7. The average molecular weight is 891 g/mol. The molecule has 0 aliphatic carbocycles. The van der Waals surface area contributed by atoms with Gasteiger partial charge in [-0.3, -0.25) is 5.10 Å². The second kappa shape index (κ2) is 16.2. The van der Waals surface area contributed by atoms with E-state index >= 15 is 0 Å². The fraction of sp³-hybridized carbons (Fsp3) is 0.0250. The number of nitrogens with zero attached hydrogens (tertiary/aromatic N) is 8. The first kappa shape index (κ1) is 38.8. The van der Waals surface area contributed by atoms with Gasteiger partial charge >= 0.3 is 0 Å². The molecule has 6 N–H and O–H groups in total. The largest absolute Gasteiger partial charge is 0.399 e. The average Bonchev–Trinajstić information content (AvgIpc) is 4.08. The van der Waals surface area contributed by atoms with Gasteiger partial charge in [0, 0.05) is 34.8 Å². The second-order valence-electron chi connectivity index (χ2n) is 13.1. The summed E-state index contributed by atoms with van der Waals surface area (Å²) in [5.74, 6) is 1.23. The molecule has 0 aliphatic rings. The molecule has 0 radical (unpaired) electrons. The van der Waals surface area contributed by atoms with Crippen molar-refractivity contribution < 1.29 is 8.42 Å². The summed E-state index contributed by atoms with van der Waals surface area (Å²) in [6.07, 6.45) is 5.04. The Morgan fingerprint density at radius 2 is 1.50 bits per heavy atom. The van der Waals surface area contributed by atoms with E-state index in [0.717, 1.165) is 74.8 Å².